The summed E-state index contributed by atoms with van der Waals surface area (Å²) in [5, 5.41) is 0. The minimum atomic E-state index is -0.124. The molecule has 0 saturated carbocycles. The van der Waals surface area contributed by atoms with Gasteiger partial charge in [-0.15, -0.1) is 0 Å². The van der Waals surface area contributed by atoms with Gasteiger partial charge in [-0.1, -0.05) is 6.07 Å². The minimum Gasteiger partial charge on any atom is -0.457 e. The Morgan fingerprint density at radius 2 is 2.20 bits per heavy atom. The third kappa shape index (κ3) is 1.23. The first-order chi connectivity index (χ1) is 7.05. The van der Waals surface area contributed by atoms with Gasteiger partial charge in [0, 0.05) is 0 Å². The van der Waals surface area contributed by atoms with Gasteiger partial charge in [-0.2, -0.15) is 4.98 Å². The zero-order valence-corrected chi connectivity index (χ0v) is 9.24. The summed E-state index contributed by atoms with van der Waals surface area (Å²) in [5.74, 6) is 0. The highest BCUT2D eigenvalue weighted by Crippen LogP contribution is 2.32. The van der Waals surface area contributed by atoms with Crippen LogP contribution >= 0.6 is 0 Å². The molecule has 1 aromatic carbocycles. The minimum absolute atomic E-state index is 0.124. The quantitative estimate of drug-likeness (QED) is 0.656. The second-order valence-corrected chi connectivity index (χ2v) is 4.83. The van der Waals surface area contributed by atoms with Crippen molar-refractivity contribution < 1.29 is 4.74 Å². The van der Waals surface area contributed by atoms with Gasteiger partial charge in [-0.25, -0.2) is 0 Å². The monoisotopic (exact) mass is 202 g/mol. The van der Waals surface area contributed by atoms with Crippen LogP contribution < -0.4 is 4.74 Å². The van der Waals surface area contributed by atoms with Crippen LogP contribution in [0.15, 0.2) is 18.2 Å². The first kappa shape index (κ1) is 8.77. The third-order valence-electron chi connectivity index (χ3n) is 2.78. The Morgan fingerprint density at radius 3 is 3.00 bits per heavy atom. The summed E-state index contributed by atoms with van der Waals surface area (Å²) < 4.78 is 7.92. The van der Waals surface area contributed by atoms with Gasteiger partial charge in [0.1, 0.15) is 5.60 Å². The number of hydrogen-bond acceptors (Lipinski definition) is 2. The van der Waals surface area contributed by atoms with Crippen molar-refractivity contribution in [1.29, 1.82) is 0 Å². The Balaban J connectivity index is 2.23. The van der Waals surface area contributed by atoms with E-state index in [2.05, 4.69) is 48.5 Å². The van der Waals surface area contributed by atoms with E-state index in [9.17, 15) is 0 Å². The van der Waals surface area contributed by atoms with Crippen LogP contribution in [0.25, 0.3) is 11.0 Å². The fourth-order valence-corrected chi connectivity index (χ4v) is 2.11. The zero-order chi connectivity index (χ0) is 10.6. The molecule has 0 atom stereocenters. The van der Waals surface area contributed by atoms with Crippen molar-refractivity contribution in [3.05, 3.63) is 23.8 Å². The van der Waals surface area contributed by atoms with E-state index in [0.29, 0.717) is 0 Å². The highest BCUT2D eigenvalue weighted by Gasteiger charge is 2.32. The zero-order valence-electron chi connectivity index (χ0n) is 9.24. The second-order valence-electron chi connectivity index (χ2n) is 4.83. The van der Waals surface area contributed by atoms with Gasteiger partial charge >= 0.3 is 0 Å². The molecule has 0 amide bonds. The molecular formula is C12H14N2O. The highest BCUT2D eigenvalue weighted by molar-refractivity contribution is 5.77. The van der Waals surface area contributed by atoms with Gasteiger partial charge in [-0.3, -0.25) is 4.57 Å². The summed E-state index contributed by atoms with van der Waals surface area (Å²) in [4.78, 5) is 4.49. The van der Waals surface area contributed by atoms with Crippen LogP contribution in [0.4, 0.5) is 0 Å². The molecule has 1 aromatic heterocycles. The Bertz CT molecular complexity index is 540. The molecule has 0 saturated heterocycles. The van der Waals surface area contributed by atoms with Gasteiger partial charge in [0.05, 0.1) is 17.6 Å². The Kier molecular flexibility index (Phi) is 1.48. The lowest BCUT2D eigenvalue weighted by molar-refractivity contribution is 0.131. The van der Waals surface area contributed by atoms with E-state index in [4.69, 9.17) is 4.74 Å². The summed E-state index contributed by atoms with van der Waals surface area (Å²) in [6.45, 7) is 7.12. The van der Waals surface area contributed by atoms with Crippen molar-refractivity contribution in [2.75, 3.05) is 0 Å². The van der Waals surface area contributed by atoms with Crippen LogP contribution in [0.1, 0.15) is 19.4 Å². The maximum absolute atomic E-state index is 5.77. The number of hydrogen-bond donors (Lipinski definition) is 0. The molecule has 0 fully saturated rings. The lowest BCUT2D eigenvalue weighted by atomic mass is 10.1. The topological polar surface area (TPSA) is 27.1 Å². The number of fused-ring (bicyclic) bond motifs is 3. The van der Waals surface area contributed by atoms with Crippen LogP contribution in [0.3, 0.4) is 0 Å². The molecule has 1 aliphatic rings. The van der Waals surface area contributed by atoms with Crippen molar-refractivity contribution in [3.63, 3.8) is 0 Å². The average molecular weight is 202 g/mol. The Morgan fingerprint density at radius 1 is 1.40 bits per heavy atom. The van der Waals surface area contributed by atoms with E-state index in [0.717, 1.165) is 18.1 Å². The van der Waals surface area contributed by atoms with E-state index < -0.39 is 0 Å². The van der Waals surface area contributed by atoms with E-state index in [-0.39, 0.29) is 5.60 Å². The van der Waals surface area contributed by atoms with Crippen molar-refractivity contribution in [2.24, 2.45) is 0 Å². The molecule has 78 valence electrons. The molecule has 0 unspecified atom stereocenters. The van der Waals surface area contributed by atoms with Gasteiger partial charge < -0.3 is 4.74 Å². The molecule has 3 rings (SSSR count). The fourth-order valence-electron chi connectivity index (χ4n) is 2.11. The Labute approximate surface area is 88.7 Å². The van der Waals surface area contributed by atoms with Crippen LogP contribution in [0.2, 0.25) is 0 Å². The smallest absolute Gasteiger partial charge is 0.298 e. The number of imidazole rings is 1. The Hall–Kier alpha value is -1.51. The highest BCUT2D eigenvalue weighted by atomic mass is 16.5. The molecular weight excluding hydrogens is 188 g/mol. The summed E-state index contributed by atoms with van der Waals surface area (Å²) >= 11 is 0. The molecule has 0 spiro atoms. The molecule has 2 heterocycles. The fraction of sp³-hybridized carbons (Fsp3) is 0.417. The summed E-state index contributed by atoms with van der Waals surface area (Å²) in [7, 11) is 0. The molecule has 0 radical (unpaired) electrons. The number of benzene rings is 1. The molecule has 0 N–H and O–H groups in total. The molecule has 3 nitrogen and oxygen atoms in total. The molecule has 2 aromatic rings. The van der Waals surface area contributed by atoms with E-state index in [1.54, 1.807) is 0 Å². The number of ether oxygens (including phenoxy) is 1. The van der Waals surface area contributed by atoms with Gasteiger partial charge in [0.15, 0.2) is 0 Å². The number of nitrogens with zero attached hydrogens (tertiary/aromatic N) is 2. The third-order valence-corrected chi connectivity index (χ3v) is 2.78. The van der Waals surface area contributed by atoms with Crippen molar-refractivity contribution in [3.8, 4) is 6.01 Å². The van der Waals surface area contributed by atoms with Crippen LogP contribution in [-0.2, 0) is 6.54 Å². The number of aromatic nitrogens is 2. The van der Waals surface area contributed by atoms with Crippen LogP contribution in [-0.4, -0.2) is 15.2 Å². The average Bonchev–Trinajstić information content (AvgIpc) is 2.55. The lowest BCUT2D eigenvalue weighted by Crippen LogP contribution is -2.26. The number of rotatable bonds is 0. The van der Waals surface area contributed by atoms with Crippen molar-refractivity contribution >= 4 is 11.0 Å². The van der Waals surface area contributed by atoms with E-state index in [1.165, 1.54) is 11.1 Å². The SMILES string of the molecule is Cc1ccc2c(c1)nc1n2CC(C)(C)O1. The standard InChI is InChI=1S/C12H14N2O/c1-8-4-5-10-9(6-8)13-11-14(10)7-12(2,3)15-11/h4-6H,7H2,1-3H3. The first-order valence-electron chi connectivity index (χ1n) is 5.21. The normalized spacial score (nSPS) is 17.8. The maximum atomic E-state index is 5.77. The first-order valence-corrected chi connectivity index (χ1v) is 5.21. The van der Waals surface area contributed by atoms with E-state index in [1.807, 2.05) is 0 Å². The molecule has 3 heteroatoms. The van der Waals surface area contributed by atoms with Gasteiger partial charge in [0.2, 0.25) is 0 Å². The maximum Gasteiger partial charge on any atom is 0.298 e. The predicted octanol–water partition coefficient (Wildman–Crippen LogP) is 2.52. The molecule has 0 bridgehead atoms. The van der Waals surface area contributed by atoms with Crippen LogP contribution in [0, 0.1) is 6.92 Å². The van der Waals surface area contributed by atoms with E-state index >= 15 is 0 Å². The summed E-state index contributed by atoms with van der Waals surface area (Å²) in [6.07, 6.45) is 0. The van der Waals surface area contributed by atoms with Gasteiger partial charge in [-0.05, 0) is 38.5 Å². The van der Waals surface area contributed by atoms with Crippen LogP contribution in [0.5, 0.6) is 6.01 Å². The number of aryl methyl sites for hydroxylation is 1. The van der Waals surface area contributed by atoms with Gasteiger partial charge in [0.25, 0.3) is 6.01 Å². The lowest BCUT2D eigenvalue weighted by Gasteiger charge is -2.15. The predicted molar refractivity (Wildman–Crippen MR) is 59.2 cm³/mol. The van der Waals surface area contributed by atoms with Crippen molar-refractivity contribution in [1.82, 2.24) is 9.55 Å². The largest absolute Gasteiger partial charge is 0.457 e. The molecule has 15 heavy (non-hydrogen) atoms. The second kappa shape index (κ2) is 2.54. The summed E-state index contributed by atoms with van der Waals surface area (Å²) in [6, 6.07) is 7.08. The molecule has 0 aliphatic carbocycles. The van der Waals surface area contributed by atoms with Crippen molar-refractivity contribution in [2.45, 2.75) is 32.9 Å². The summed E-state index contributed by atoms with van der Waals surface area (Å²) in [5.41, 5.74) is 3.31. The molecule has 1 aliphatic heterocycles.